The summed E-state index contributed by atoms with van der Waals surface area (Å²) in [7, 11) is 0. The molecule has 0 aromatic carbocycles. The van der Waals surface area contributed by atoms with Crippen molar-refractivity contribution in [3.8, 4) is 0 Å². The molecule has 1 aromatic heterocycles. The molecule has 0 radical (unpaired) electrons. The van der Waals surface area contributed by atoms with E-state index in [1.165, 1.54) is 5.56 Å². The summed E-state index contributed by atoms with van der Waals surface area (Å²) in [5, 5.41) is 3.53. The molecule has 0 amide bonds. The van der Waals surface area contributed by atoms with Gasteiger partial charge in [0.05, 0.1) is 10.6 Å². The molecule has 1 heterocycles. The van der Waals surface area contributed by atoms with Gasteiger partial charge in [-0.3, -0.25) is 0 Å². The lowest BCUT2D eigenvalue weighted by molar-refractivity contribution is -0.0976. The number of pyridine rings is 1. The van der Waals surface area contributed by atoms with Crippen LogP contribution in [0.25, 0.3) is 0 Å². The summed E-state index contributed by atoms with van der Waals surface area (Å²) in [6.07, 6.45) is 3.24. The molecule has 0 bridgehead atoms. The fourth-order valence-electron chi connectivity index (χ4n) is 2.42. The summed E-state index contributed by atoms with van der Waals surface area (Å²) < 4.78 is 6.80. The summed E-state index contributed by atoms with van der Waals surface area (Å²) in [5.74, 6) is 0.933. The lowest BCUT2D eigenvalue weighted by Gasteiger charge is -2.51. The van der Waals surface area contributed by atoms with E-state index in [2.05, 4.69) is 53.9 Å². The molecule has 0 spiro atoms. The Kier molecular flexibility index (Phi) is 3.97. The minimum atomic E-state index is 0.154. The van der Waals surface area contributed by atoms with Gasteiger partial charge in [0, 0.05) is 24.3 Å². The average molecular weight is 313 g/mol. The number of aryl methyl sites for hydroxylation is 1. The molecule has 1 aliphatic rings. The molecule has 100 valence electrons. The fourth-order valence-corrected chi connectivity index (χ4v) is 2.77. The second-order valence-electron chi connectivity index (χ2n) is 5.49. The summed E-state index contributed by atoms with van der Waals surface area (Å²) in [4.78, 5) is 4.40. The molecule has 1 aromatic rings. The fraction of sp³-hybridized carbons (Fsp3) is 0.643. The van der Waals surface area contributed by atoms with Crippen LogP contribution < -0.4 is 5.32 Å². The largest absolute Gasteiger partial charge is 0.378 e. The van der Waals surface area contributed by atoms with Crippen molar-refractivity contribution < 1.29 is 4.74 Å². The van der Waals surface area contributed by atoms with Gasteiger partial charge in [0.1, 0.15) is 5.82 Å². The van der Waals surface area contributed by atoms with Gasteiger partial charge in [0.2, 0.25) is 0 Å². The molecule has 1 saturated carbocycles. The predicted octanol–water partition coefficient (Wildman–Crippen LogP) is 3.77. The van der Waals surface area contributed by atoms with Crippen LogP contribution in [0, 0.1) is 12.3 Å². The van der Waals surface area contributed by atoms with Crippen molar-refractivity contribution in [2.45, 2.75) is 46.3 Å². The zero-order chi connectivity index (χ0) is 13.3. The van der Waals surface area contributed by atoms with Gasteiger partial charge < -0.3 is 10.1 Å². The number of ether oxygens (including phenoxy) is 1. The van der Waals surface area contributed by atoms with Crippen molar-refractivity contribution >= 4 is 21.7 Å². The van der Waals surface area contributed by atoms with Crippen LogP contribution in [0.1, 0.15) is 32.8 Å². The van der Waals surface area contributed by atoms with E-state index in [1.807, 2.05) is 12.3 Å². The Labute approximate surface area is 117 Å². The number of hydrogen-bond donors (Lipinski definition) is 1. The number of aromatic nitrogens is 1. The highest BCUT2D eigenvalue weighted by Gasteiger charge is 2.49. The minimum Gasteiger partial charge on any atom is -0.378 e. The Hall–Kier alpha value is -0.610. The van der Waals surface area contributed by atoms with Gasteiger partial charge in [-0.15, -0.1) is 0 Å². The number of halogens is 1. The Balaban J connectivity index is 2.06. The number of nitrogens with one attached hydrogen (secondary N) is 1. The molecule has 2 atom stereocenters. The van der Waals surface area contributed by atoms with E-state index in [0.717, 1.165) is 23.3 Å². The highest BCUT2D eigenvalue weighted by Crippen LogP contribution is 2.44. The molecule has 0 saturated heterocycles. The highest BCUT2D eigenvalue weighted by molar-refractivity contribution is 9.10. The lowest BCUT2D eigenvalue weighted by atomic mass is 9.64. The van der Waals surface area contributed by atoms with Crippen LogP contribution in [-0.2, 0) is 4.74 Å². The Morgan fingerprint density at radius 3 is 2.89 bits per heavy atom. The molecular formula is C14H21BrN2O. The summed E-state index contributed by atoms with van der Waals surface area (Å²) in [5.41, 5.74) is 1.35. The maximum absolute atomic E-state index is 5.74. The van der Waals surface area contributed by atoms with Gasteiger partial charge in [0.25, 0.3) is 0 Å². The molecule has 1 N–H and O–H groups in total. The molecular weight excluding hydrogens is 292 g/mol. The van der Waals surface area contributed by atoms with Crippen molar-refractivity contribution in [1.29, 1.82) is 0 Å². The third-order valence-electron chi connectivity index (χ3n) is 3.94. The van der Waals surface area contributed by atoms with Crippen molar-refractivity contribution in [1.82, 2.24) is 4.98 Å². The molecule has 3 nitrogen and oxygen atoms in total. The first-order valence-corrected chi connectivity index (χ1v) is 7.25. The molecule has 2 rings (SSSR count). The molecule has 1 fully saturated rings. The maximum Gasteiger partial charge on any atom is 0.140 e. The molecule has 0 aliphatic heterocycles. The summed E-state index contributed by atoms with van der Waals surface area (Å²) in [6.45, 7) is 9.41. The van der Waals surface area contributed by atoms with Gasteiger partial charge >= 0.3 is 0 Å². The highest BCUT2D eigenvalue weighted by atomic mass is 79.9. The van der Waals surface area contributed by atoms with Crippen LogP contribution in [0.4, 0.5) is 5.82 Å². The predicted molar refractivity (Wildman–Crippen MR) is 77.9 cm³/mol. The van der Waals surface area contributed by atoms with E-state index in [1.54, 1.807) is 0 Å². The number of rotatable bonds is 4. The monoisotopic (exact) mass is 312 g/mol. The smallest absolute Gasteiger partial charge is 0.140 e. The first kappa shape index (κ1) is 13.8. The Bertz CT molecular complexity index is 434. The third kappa shape index (κ3) is 2.41. The van der Waals surface area contributed by atoms with Crippen LogP contribution in [-0.4, -0.2) is 23.7 Å². The standard InChI is InChI=1S/C14H21BrN2O/c1-5-18-11-8-10(14(11,3)4)17-13-12(15)9(2)6-7-16-13/h6-7,10-11H,5,8H2,1-4H3,(H,16,17). The van der Waals surface area contributed by atoms with Crippen LogP contribution >= 0.6 is 15.9 Å². The van der Waals surface area contributed by atoms with E-state index < -0.39 is 0 Å². The summed E-state index contributed by atoms with van der Waals surface area (Å²) in [6, 6.07) is 2.42. The number of nitrogens with zero attached hydrogens (tertiary/aromatic N) is 1. The van der Waals surface area contributed by atoms with Crippen molar-refractivity contribution in [3.63, 3.8) is 0 Å². The molecule has 18 heavy (non-hydrogen) atoms. The third-order valence-corrected chi connectivity index (χ3v) is 4.94. The van der Waals surface area contributed by atoms with E-state index in [9.17, 15) is 0 Å². The van der Waals surface area contributed by atoms with Crippen molar-refractivity contribution in [2.24, 2.45) is 5.41 Å². The lowest BCUT2D eigenvalue weighted by Crippen LogP contribution is -2.58. The van der Waals surface area contributed by atoms with Gasteiger partial charge in [0.15, 0.2) is 0 Å². The quantitative estimate of drug-likeness (QED) is 0.919. The van der Waals surface area contributed by atoms with Crippen LogP contribution in [0.5, 0.6) is 0 Å². The number of hydrogen-bond acceptors (Lipinski definition) is 3. The van der Waals surface area contributed by atoms with Crippen LogP contribution in [0.3, 0.4) is 0 Å². The molecule has 4 heteroatoms. The zero-order valence-corrected chi connectivity index (χ0v) is 13.0. The zero-order valence-electron chi connectivity index (χ0n) is 11.5. The summed E-state index contributed by atoms with van der Waals surface area (Å²) >= 11 is 3.59. The average Bonchev–Trinajstić information content (AvgIpc) is 2.33. The van der Waals surface area contributed by atoms with E-state index in [0.29, 0.717) is 12.1 Å². The van der Waals surface area contributed by atoms with Gasteiger partial charge in [-0.1, -0.05) is 13.8 Å². The Morgan fingerprint density at radius 1 is 1.56 bits per heavy atom. The molecule has 2 unspecified atom stereocenters. The SMILES string of the molecule is CCOC1CC(Nc2nccc(C)c2Br)C1(C)C. The van der Waals surface area contributed by atoms with E-state index >= 15 is 0 Å². The van der Waals surface area contributed by atoms with Gasteiger partial charge in [-0.05, 0) is 47.8 Å². The first-order chi connectivity index (χ1) is 8.46. The number of anilines is 1. The van der Waals surface area contributed by atoms with Gasteiger partial charge in [-0.2, -0.15) is 0 Å². The van der Waals surface area contributed by atoms with Gasteiger partial charge in [-0.25, -0.2) is 4.98 Å². The minimum absolute atomic E-state index is 0.154. The normalized spacial score (nSPS) is 25.6. The van der Waals surface area contributed by atoms with Crippen LogP contribution in [0.2, 0.25) is 0 Å². The van der Waals surface area contributed by atoms with Crippen LogP contribution in [0.15, 0.2) is 16.7 Å². The molecule has 1 aliphatic carbocycles. The first-order valence-electron chi connectivity index (χ1n) is 6.46. The van der Waals surface area contributed by atoms with E-state index in [4.69, 9.17) is 4.74 Å². The van der Waals surface area contributed by atoms with Crippen molar-refractivity contribution in [2.75, 3.05) is 11.9 Å². The van der Waals surface area contributed by atoms with Crippen molar-refractivity contribution in [3.05, 3.63) is 22.3 Å². The second kappa shape index (κ2) is 5.17. The Morgan fingerprint density at radius 2 is 2.28 bits per heavy atom. The maximum atomic E-state index is 5.74. The second-order valence-corrected chi connectivity index (χ2v) is 6.28. The topological polar surface area (TPSA) is 34.1 Å². The van der Waals surface area contributed by atoms with E-state index in [-0.39, 0.29) is 5.41 Å².